The Kier molecular flexibility index (Phi) is 6.89. The molecule has 1 saturated carbocycles. The van der Waals surface area contributed by atoms with Gasteiger partial charge in [-0.3, -0.25) is 14.8 Å². The molecule has 4 rings (SSSR count). The number of hydroxylamine groups is 1. The minimum atomic E-state index is -0.913. The van der Waals surface area contributed by atoms with Crippen LogP contribution in [0.2, 0.25) is 0 Å². The first-order valence-corrected chi connectivity index (χ1v) is 11.2. The van der Waals surface area contributed by atoms with Crippen LogP contribution in [0.25, 0.3) is 0 Å². The first-order chi connectivity index (χ1) is 15.5. The molecule has 170 valence electrons. The van der Waals surface area contributed by atoms with Crippen molar-refractivity contribution in [1.29, 1.82) is 0 Å². The van der Waals surface area contributed by atoms with Gasteiger partial charge >= 0.3 is 0 Å². The number of hydrogen-bond acceptors (Lipinski definition) is 6. The summed E-state index contributed by atoms with van der Waals surface area (Å²) in [5, 5.41) is 33.0. The maximum atomic E-state index is 13.6. The highest BCUT2D eigenvalue weighted by Gasteiger charge is 2.39. The van der Waals surface area contributed by atoms with E-state index in [1.165, 1.54) is 0 Å². The van der Waals surface area contributed by atoms with Gasteiger partial charge in [-0.25, -0.2) is 5.48 Å². The van der Waals surface area contributed by atoms with Crippen molar-refractivity contribution in [2.75, 3.05) is 6.54 Å². The summed E-state index contributed by atoms with van der Waals surface area (Å²) in [7, 11) is 0. The number of amides is 1. The van der Waals surface area contributed by atoms with Gasteiger partial charge in [0.2, 0.25) is 0 Å². The number of hydrogen-bond donors (Lipinski definition) is 5. The summed E-state index contributed by atoms with van der Waals surface area (Å²) in [6.07, 6.45) is 2.34. The van der Waals surface area contributed by atoms with Crippen molar-refractivity contribution >= 4 is 11.7 Å². The molecule has 0 aromatic heterocycles. The highest BCUT2D eigenvalue weighted by Crippen LogP contribution is 2.37. The average Bonchev–Trinajstić information content (AvgIpc) is 3.56. The summed E-state index contributed by atoms with van der Waals surface area (Å²) in [6, 6.07) is 13.4. The maximum Gasteiger partial charge on any atom is 0.261 e. The number of rotatable bonds is 10. The summed E-state index contributed by atoms with van der Waals surface area (Å²) >= 11 is 0. The third-order valence-corrected chi connectivity index (χ3v) is 6.67. The molecule has 0 heterocycles. The Hall–Kier alpha value is -2.74. The monoisotopic (exact) mass is 438 g/mol. The number of carbonyl (C=O) groups excluding carboxylic acids is 2. The van der Waals surface area contributed by atoms with Gasteiger partial charge in [0.05, 0.1) is 12.1 Å². The SMILES string of the molecule is O=C(NO)[C@@H](NCC1CC1)[C@@H](Cc1cccc(O)c1)C(=O)C[C@H]1c2ccccc2C[C@H]1O. The largest absolute Gasteiger partial charge is 0.508 e. The molecule has 0 saturated heterocycles. The number of carbonyl (C=O) groups is 2. The number of nitrogens with one attached hydrogen (secondary N) is 2. The second kappa shape index (κ2) is 9.81. The van der Waals surface area contributed by atoms with Crippen molar-refractivity contribution in [3.05, 3.63) is 65.2 Å². The summed E-state index contributed by atoms with van der Waals surface area (Å²) < 4.78 is 0. The van der Waals surface area contributed by atoms with Gasteiger partial charge in [0.25, 0.3) is 5.91 Å². The molecule has 0 unspecified atom stereocenters. The van der Waals surface area contributed by atoms with Gasteiger partial charge < -0.3 is 15.5 Å². The van der Waals surface area contributed by atoms with E-state index in [4.69, 9.17) is 0 Å². The van der Waals surface area contributed by atoms with E-state index >= 15 is 0 Å². The zero-order valence-electron chi connectivity index (χ0n) is 17.9. The van der Waals surface area contributed by atoms with Crippen LogP contribution in [0.5, 0.6) is 5.75 Å². The molecule has 1 fully saturated rings. The van der Waals surface area contributed by atoms with Crippen LogP contribution in [0.4, 0.5) is 0 Å². The lowest BCUT2D eigenvalue weighted by Crippen LogP contribution is -2.51. The number of fused-ring (bicyclic) bond motifs is 1. The molecule has 0 spiro atoms. The molecule has 2 aromatic carbocycles. The number of Topliss-reactive ketones (excluding diaryl/α,β-unsaturated/α-hetero) is 1. The molecule has 1 amide bonds. The lowest BCUT2D eigenvalue weighted by molar-refractivity contribution is -0.137. The first-order valence-electron chi connectivity index (χ1n) is 11.2. The fourth-order valence-corrected chi connectivity index (χ4v) is 4.73. The fraction of sp³-hybridized carbons (Fsp3) is 0.440. The van der Waals surface area contributed by atoms with E-state index in [0.29, 0.717) is 18.9 Å². The molecular weight excluding hydrogens is 408 g/mol. The molecule has 7 nitrogen and oxygen atoms in total. The summed E-state index contributed by atoms with van der Waals surface area (Å²) in [5.74, 6) is -1.34. The van der Waals surface area contributed by atoms with Gasteiger partial charge in [0.1, 0.15) is 11.5 Å². The van der Waals surface area contributed by atoms with Crippen molar-refractivity contribution in [1.82, 2.24) is 10.8 Å². The number of phenolic OH excluding ortho intramolecular Hbond substituents is 1. The predicted octanol–water partition coefficient (Wildman–Crippen LogP) is 2.08. The second-order valence-electron chi connectivity index (χ2n) is 9.03. The highest BCUT2D eigenvalue weighted by atomic mass is 16.5. The molecule has 2 aromatic rings. The lowest BCUT2D eigenvalue weighted by Gasteiger charge is -2.27. The van der Waals surface area contributed by atoms with E-state index in [2.05, 4.69) is 5.32 Å². The zero-order chi connectivity index (χ0) is 22.7. The third kappa shape index (κ3) is 5.18. The molecular formula is C25H30N2O5. The predicted molar refractivity (Wildman–Crippen MR) is 118 cm³/mol. The van der Waals surface area contributed by atoms with Crippen molar-refractivity contribution < 1.29 is 25.0 Å². The van der Waals surface area contributed by atoms with Crippen LogP contribution < -0.4 is 10.8 Å². The number of aromatic hydroxyl groups is 1. The van der Waals surface area contributed by atoms with Crippen molar-refractivity contribution in [3.8, 4) is 5.75 Å². The fourth-order valence-electron chi connectivity index (χ4n) is 4.73. The minimum absolute atomic E-state index is 0.0861. The summed E-state index contributed by atoms with van der Waals surface area (Å²) in [6.45, 7) is 0.594. The molecule has 32 heavy (non-hydrogen) atoms. The number of benzene rings is 2. The highest BCUT2D eigenvalue weighted by molar-refractivity contribution is 5.91. The quantitative estimate of drug-likeness (QED) is 0.286. The van der Waals surface area contributed by atoms with Crippen LogP contribution in [-0.4, -0.2) is 45.8 Å². The molecule has 0 bridgehead atoms. The standard InChI is InChI=1S/C25H30N2O5/c28-18-6-3-4-16(10-18)11-21(24(25(31)27-32)26-14-15-8-9-15)23(30)13-20-19-7-2-1-5-17(19)12-22(20)29/h1-7,10,15,20-22,24,26,28-29,32H,8-9,11-14H2,(H,27,31)/t20-,21-,22+,24-/m0/s1. The minimum Gasteiger partial charge on any atom is -0.508 e. The van der Waals surface area contributed by atoms with Crippen LogP contribution in [0, 0.1) is 11.8 Å². The van der Waals surface area contributed by atoms with E-state index in [0.717, 1.165) is 29.5 Å². The molecule has 7 heteroatoms. The van der Waals surface area contributed by atoms with Crippen molar-refractivity contribution in [2.45, 2.75) is 50.2 Å². The van der Waals surface area contributed by atoms with E-state index in [9.17, 15) is 25.0 Å². The number of phenols is 1. The molecule has 2 aliphatic carbocycles. The Morgan fingerprint density at radius 3 is 2.59 bits per heavy atom. The van der Waals surface area contributed by atoms with Crippen LogP contribution in [0.1, 0.15) is 41.9 Å². The Morgan fingerprint density at radius 1 is 1.09 bits per heavy atom. The summed E-state index contributed by atoms with van der Waals surface area (Å²) in [4.78, 5) is 26.2. The second-order valence-corrected chi connectivity index (χ2v) is 9.03. The van der Waals surface area contributed by atoms with Gasteiger partial charge in [0, 0.05) is 18.3 Å². The van der Waals surface area contributed by atoms with Gasteiger partial charge in [0.15, 0.2) is 0 Å². The maximum absolute atomic E-state index is 13.6. The van der Waals surface area contributed by atoms with Crippen LogP contribution >= 0.6 is 0 Å². The molecule has 4 atom stereocenters. The van der Waals surface area contributed by atoms with E-state index in [1.807, 2.05) is 24.3 Å². The Morgan fingerprint density at radius 2 is 1.88 bits per heavy atom. The van der Waals surface area contributed by atoms with Gasteiger partial charge in [-0.1, -0.05) is 36.4 Å². The van der Waals surface area contributed by atoms with Gasteiger partial charge in [-0.15, -0.1) is 0 Å². The normalized spacial score (nSPS) is 21.6. The zero-order valence-corrected chi connectivity index (χ0v) is 17.9. The molecule has 2 aliphatic rings. The van der Waals surface area contributed by atoms with Crippen LogP contribution in [-0.2, 0) is 22.4 Å². The number of ketones is 1. The van der Waals surface area contributed by atoms with Crippen molar-refractivity contribution in [2.24, 2.45) is 11.8 Å². The van der Waals surface area contributed by atoms with Crippen LogP contribution in [0.3, 0.4) is 0 Å². The van der Waals surface area contributed by atoms with Crippen LogP contribution in [0.15, 0.2) is 48.5 Å². The van der Waals surface area contributed by atoms with Gasteiger partial charge in [-0.2, -0.15) is 0 Å². The number of aliphatic hydroxyl groups is 1. The Balaban J connectivity index is 1.59. The molecule has 0 radical (unpaired) electrons. The summed E-state index contributed by atoms with van der Waals surface area (Å²) in [5.41, 5.74) is 4.44. The van der Waals surface area contributed by atoms with E-state index in [-0.39, 0.29) is 30.3 Å². The Labute approximate surface area is 187 Å². The molecule has 0 aliphatic heterocycles. The average molecular weight is 439 g/mol. The van der Waals surface area contributed by atoms with Crippen molar-refractivity contribution in [3.63, 3.8) is 0 Å². The molecule has 5 N–H and O–H groups in total. The van der Waals surface area contributed by atoms with E-state index < -0.39 is 24.0 Å². The Bertz CT molecular complexity index is 974. The third-order valence-electron chi connectivity index (χ3n) is 6.67. The van der Waals surface area contributed by atoms with E-state index in [1.54, 1.807) is 29.7 Å². The lowest BCUT2D eigenvalue weighted by atomic mass is 9.82. The smallest absolute Gasteiger partial charge is 0.261 e. The topological polar surface area (TPSA) is 119 Å². The van der Waals surface area contributed by atoms with Gasteiger partial charge in [-0.05, 0) is 67.0 Å². The first kappa shape index (κ1) is 22.5. The number of aliphatic hydroxyl groups excluding tert-OH is 1.